The minimum absolute atomic E-state index is 0. The van der Waals surface area contributed by atoms with Crippen molar-refractivity contribution >= 4 is 37.7 Å². The maximum atomic E-state index is 8.85. The first kappa shape index (κ1) is 10.4. The molecule has 36 valence electrons. The predicted octanol–water partition coefficient (Wildman–Crippen LogP) is -1.51. The molecule has 2 N–H and O–H groups in total. The summed E-state index contributed by atoms with van der Waals surface area (Å²) >= 11 is -5.52. The predicted molar refractivity (Wildman–Crippen MR) is 13.8 cm³/mol. The van der Waals surface area contributed by atoms with Crippen LogP contribution >= 0.6 is 0 Å². The molecule has 0 saturated heterocycles. The maximum absolute atomic E-state index is 8.85. The van der Waals surface area contributed by atoms with E-state index in [2.05, 4.69) is 0 Å². The van der Waals surface area contributed by atoms with Gasteiger partial charge in [-0.25, -0.2) is 0 Å². The molecule has 6 heteroatoms. The molecule has 4 nitrogen and oxygen atoms in total. The van der Waals surface area contributed by atoms with Crippen LogP contribution in [0.15, 0.2) is 0 Å². The third-order valence-electron chi connectivity index (χ3n) is 0. The van der Waals surface area contributed by atoms with Crippen molar-refractivity contribution in [2.45, 2.75) is 0 Å². The summed E-state index contributed by atoms with van der Waals surface area (Å²) in [6, 6.07) is 0. The second-order valence-corrected chi connectivity index (χ2v) is 2.65. The summed E-state index contributed by atoms with van der Waals surface area (Å²) in [6.07, 6.45) is 0. The molecule has 0 unspecified atom stereocenters. The third kappa shape index (κ3) is 50.7. The molecule has 0 bridgehead atoms. The van der Waals surface area contributed by atoms with Crippen molar-refractivity contribution in [3.05, 3.63) is 0 Å². The summed E-state index contributed by atoms with van der Waals surface area (Å²) < 4.78 is 32.0. The van der Waals surface area contributed by atoms with Crippen molar-refractivity contribution in [2.24, 2.45) is 0 Å². The SMILES string of the molecule is [Ca+2].[H-].[H-].[O]=[Mo](=[O])([OH])[OH]. The number of rotatable bonds is 0. The fraction of sp³-hybridized carbons (Fsp3) is 0. The Morgan fingerprint density at radius 3 is 1.33 bits per heavy atom. The molecule has 0 rings (SSSR count). The van der Waals surface area contributed by atoms with Crippen molar-refractivity contribution < 1.29 is 33.9 Å². The summed E-state index contributed by atoms with van der Waals surface area (Å²) in [5.41, 5.74) is 0. The van der Waals surface area contributed by atoms with E-state index < -0.39 is 16.7 Å². The zero-order valence-corrected chi connectivity index (χ0v) is 7.04. The molecule has 0 radical (unpaired) electrons. The number of hydrogen-bond donors (Lipinski definition) is 2. The second-order valence-electron chi connectivity index (χ2n) is 0.448. The van der Waals surface area contributed by atoms with Gasteiger partial charge in [-0.3, -0.25) is 0 Å². The van der Waals surface area contributed by atoms with Gasteiger partial charge in [-0.15, -0.1) is 0 Å². The average Bonchev–Trinajstić information content (AvgIpc) is 0.722. The van der Waals surface area contributed by atoms with Crippen LogP contribution in [-0.4, -0.2) is 45.3 Å². The molecule has 0 spiro atoms. The van der Waals surface area contributed by atoms with Crippen LogP contribution in [0.1, 0.15) is 2.85 Å². The van der Waals surface area contributed by atoms with Crippen LogP contribution in [0.4, 0.5) is 0 Å². The second kappa shape index (κ2) is 3.47. The van der Waals surface area contributed by atoms with Gasteiger partial charge >= 0.3 is 68.8 Å². The molecule has 0 atom stereocenters. The van der Waals surface area contributed by atoms with E-state index in [4.69, 9.17) is 14.3 Å². The Morgan fingerprint density at radius 2 is 1.33 bits per heavy atom. The van der Waals surface area contributed by atoms with Gasteiger partial charge in [0, 0.05) is 0 Å². The first-order valence-electron chi connectivity index (χ1n) is 0.698. The van der Waals surface area contributed by atoms with E-state index in [-0.39, 0.29) is 40.6 Å². The van der Waals surface area contributed by atoms with Crippen LogP contribution < -0.4 is 0 Å². The van der Waals surface area contributed by atoms with Crippen molar-refractivity contribution in [3.63, 3.8) is 0 Å². The molecule has 0 aliphatic carbocycles. The molecule has 0 aromatic heterocycles. The van der Waals surface area contributed by atoms with Gasteiger partial charge in [0.25, 0.3) is 0 Å². The topological polar surface area (TPSA) is 74.6 Å². The Morgan fingerprint density at radius 1 is 1.33 bits per heavy atom. The summed E-state index contributed by atoms with van der Waals surface area (Å²) in [5.74, 6) is 0. The summed E-state index contributed by atoms with van der Waals surface area (Å²) in [4.78, 5) is 0. The van der Waals surface area contributed by atoms with E-state index in [0.29, 0.717) is 0 Å². The van der Waals surface area contributed by atoms with Crippen LogP contribution in [0.5, 0.6) is 0 Å². The summed E-state index contributed by atoms with van der Waals surface area (Å²) in [5, 5.41) is 0. The van der Waals surface area contributed by atoms with Gasteiger partial charge in [0.1, 0.15) is 0 Å². The van der Waals surface area contributed by atoms with E-state index >= 15 is 0 Å². The van der Waals surface area contributed by atoms with Gasteiger partial charge in [-0.05, 0) is 0 Å². The van der Waals surface area contributed by atoms with E-state index in [1.807, 2.05) is 0 Å². The zero-order chi connectivity index (χ0) is 4.50. The monoisotopic (exact) mass is 206 g/mol. The zero-order valence-electron chi connectivity index (χ0n) is 4.83. The third-order valence-corrected chi connectivity index (χ3v) is 0. The van der Waals surface area contributed by atoms with Crippen LogP contribution in [0.2, 0.25) is 0 Å². The van der Waals surface area contributed by atoms with E-state index in [1.54, 1.807) is 0 Å². The average molecular weight is 204 g/mol. The fourth-order valence-electron chi connectivity index (χ4n) is 0. The first-order valence-corrected chi connectivity index (χ1v) is 4.13. The van der Waals surface area contributed by atoms with Crippen molar-refractivity contribution in [3.8, 4) is 0 Å². The van der Waals surface area contributed by atoms with E-state index in [1.165, 1.54) is 0 Å². The van der Waals surface area contributed by atoms with Gasteiger partial charge < -0.3 is 2.85 Å². The summed E-state index contributed by atoms with van der Waals surface area (Å²) in [6.45, 7) is 0. The molecular formula is H4CaMoO4. The van der Waals surface area contributed by atoms with Gasteiger partial charge in [0.05, 0.1) is 0 Å². The fourth-order valence-corrected chi connectivity index (χ4v) is 0. The van der Waals surface area contributed by atoms with Crippen molar-refractivity contribution in [1.29, 1.82) is 0 Å². The Kier molecular flexibility index (Phi) is 6.04. The molecule has 6 heavy (non-hydrogen) atoms. The van der Waals surface area contributed by atoms with E-state index in [9.17, 15) is 0 Å². The molecule has 0 aromatic rings. The first-order chi connectivity index (χ1) is 2.00. The molecule has 0 fully saturated rings. The van der Waals surface area contributed by atoms with E-state index in [0.717, 1.165) is 0 Å². The van der Waals surface area contributed by atoms with Crippen molar-refractivity contribution in [1.82, 2.24) is 0 Å². The Labute approximate surface area is 70.9 Å². The normalized spacial score (nSPS) is 9.67. The molecular weight excluding hydrogens is 200 g/mol. The molecule has 0 saturated carbocycles. The van der Waals surface area contributed by atoms with Crippen LogP contribution in [0.3, 0.4) is 0 Å². The minimum atomic E-state index is -5.52. The quantitative estimate of drug-likeness (QED) is 0.470. The van der Waals surface area contributed by atoms with Gasteiger partial charge in [0.2, 0.25) is 0 Å². The van der Waals surface area contributed by atoms with Gasteiger partial charge in [-0.1, -0.05) is 0 Å². The summed E-state index contributed by atoms with van der Waals surface area (Å²) in [7, 11) is 0. The van der Waals surface area contributed by atoms with Gasteiger partial charge in [-0.2, -0.15) is 0 Å². The molecule has 0 heterocycles. The Bertz CT molecular complexity index is 97.2. The van der Waals surface area contributed by atoms with Crippen LogP contribution in [0.25, 0.3) is 0 Å². The van der Waals surface area contributed by atoms with Crippen LogP contribution in [0, 0.1) is 0 Å². The molecule has 0 amide bonds. The molecule has 0 aliphatic rings. The Hall–Kier alpha value is 1.47. The molecule has 0 aromatic carbocycles. The standard InChI is InChI=1S/Ca.Mo.2H2O.2O.2H/h;;2*1H2;;;;/q2*+2;;;;;2*-1/p-2. The van der Waals surface area contributed by atoms with Crippen molar-refractivity contribution in [2.75, 3.05) is 0 Å². The Balaban J connectivity index is -0.0000000267. The molecule has 0 aliphatic heterocycles. The van der Waals surface area contributed by atoms with Crippen LogP contribution in [-0.2, 0) is 23.5 Å². The van der Waals surface area contributed by atoms with Gasteiger partial charge in [0.15, 0.2) is 0 Å². The number of hydrogen-bond acceptors (Lipinski definition) is 2.